The molecule has 1 atom stereocenters. The van der Waals surface area contributed by atoms with Crippen LogP contribution in [-0.4, -0.2) is 25.0 Å². The number of benzene rings is 2. The predicted octanol–water partition coefficient (Wildman–Crippen LogP) is 2.26. The number of imide groups is 1. The Balaban J connectivity index is 1.69. The molecule has 0 aromatic heterocycles. The van der Waals surface area contributed by atoms with E-state index in [1.54, 1.807) is 43.5 Å². The number of halogens is 1. The number of nitrogens with one attached hydrogen (secondary N) is 1. The minimum absolute atomic E-state index is 0.0835. The highest BCUT2D eigenvalue weighted by Gasteiger charge is 2.39. The molecule has 124 valence electrons. The summed E-state index contributed by atoms with van der Waals surface area (Å²) in [4.78, 5) is 25.9. The van der Waals surface area contributed by atoms with Crippen LogP contribution in [0.3, 0.4) is 0 Å². The van der Waals surface area contributed by atoms with Crippen LogP contribution in [0.15, 0.2) is 48.5 Å². The fourth-order valence-electron chi connectivity index (χ4n) is 2.68. The van der Waals surface area contributed by atoms with Crippen LogP contribution in [0.4, 0.5) is 10.1 Å². The third-order valence-electron chi connectivity index (χ3n) is 3.92. The Morgan fingerprint density at radius 2 is 1.96 bits per heavy atom. The van der Waals surface area contributed by atoms with Gasteiger partial charge >= 0.3 is 0 Å². The summed E-state index contributed by atoms with van der Waals surface area (Å²) in [6.45, 7) is 0.317. The van der Waals surface area contributed by atoms with E-state index in [0.29, 0.717) is 18.0 Å². The first-order chi connectivity index (χ1) is 11.6. The lowest BCUT2D eigenvalue weighted by Gasteiger charge is -2.16. The molecule has 0 unspecified atom stereocenters. The number of methoxy groups -OCH3 is 1. The van der Waals surface area contributed by atoms with Crippen molar-refractivity contribution in [1.82, 2.24) is 5.32 Å². The number of hydrogen-bond donors (Lipinski definition) is 1. The molecular weight excluding hydrogens is 311 g/mol. The molecule has 0 radical (unpaired) electrons. The molecule has 1 aliphatic rings. The maximum atomic E-state index is 13.2. The van der Waals surface area contributed by atoms with E-state index in [9.17, 15) is 14.0 Å². The van der Waals surface area contributed by atoms with Gasteiger partial charge in [0.15, 0.2) is 0 Å². The first-order valence-corrected chi connectivity index (χ1v) is 7.57. The summed E-state index contributed by atoms with van der Waals surface area (Å²) in [5.41, 5.74) is 1.24. The number of hydrogen-bond acceptors (Lipinski definition) is 4. The zero-order chi connectivity index (χ0) is 17.1. The van der Waals surface area contributed by atoms with Crippen molar-refractivity contribution in [3.8, 4) is 5.75 Å². The molecule has 1 fully saturated rings. The van der Waals surface area contributed by atoms with Gasteiger partial charge in [-0.1, -0.05) is 12.1 Å². The van der Waals surface area contributed by atoms with Crippen LogP contribution >= 0.6 is 0 Å². The van der Waals surface area contributed by atoms with E-state index in [2.05, 4.69) is 5.32 Å². The fraction of sp³-hybridized carbons (Fsp3) is 0.222. The van der Waals surface area contributed by atoms with Gasteiger partial charge in [0.25, 0.3) is 5.91 Å². The molecule has 0 bridgehead atoms. The van der Waals surface area contributed by atoms with E-state index in [0.717, 1.165) is 5.56 Å². The first-order valence-electron chi connectivity index (χ1n) is 7.57. The van der Waals surface area contributed by atoms with Gasteiger partial charge in [0, 0.05) is 6.54 Å². The standard InChI is InChI=1S/C18H17FN2O3/c1-24-15-7-5-14(6-8-15)21-17(22)10-16(18(21)23)20-11-12-3-2-4-13(19)9-12/h2-9,16,20H,10-11H2,1H3/t16-/m1/s1. The van der Waals surface area contributed by atoms with Gasteiger partial charge in [-0.05, 0) is 42.0 Å². The van der Waals surface area contributed by atoms with Gasteiger partial charge in [0.2, 0.25) is 5.91 Å². The van der Waals surface area contributed by atoms with Crippen molar-refractivity contribution in [2.24, 2.45) is 0 Å². The second-order valence-corrected chi connectivity index (χ2v) is 5.53. The van der Waals surface area contributed by atoms with E-state index in [-0.39, 0.29) is 24.1 Å². The molecule has 0 aliphatic carbocycles. The Morgan fingerprint density at radius 3 is 2.62 bits per heavy atom. The second kappa shape index (κ2) is 6.80. The van der Waals surface area contributed by atoms with Crippen LogP contribution in [-0.2, 0) is 16.1 Å². The third kappa shape index (κ3) is 3.28. The highest BCUT2D eigenvalue weighted by molar-refractivity contribution is 6.22. The molecule has 0 saturated carbocycles. The van der Waals surface area contributed by atoms with Gasteiger partial charge in [-0.3, -0.25) is 9.59 Å². The molecule has 1 aliphatic heterocycles. The van der Waals surface area contributed by atoms with E-state index in [1.807, 2.05) is 0 Å². The Morgan fingerprint density at radius 1 is 1.21 bits per heavy atom. The molecule has 2 amide bonds. The summed E-state index contributed by atoms with van der Waals surface area (Å²) in [5.74, 6) is -0.245. The smallest absolute Gasteiger partial charge is 0.251 e. The number of anilines is 1. The largest absolute Gasteiger partial charge is 0.497 e. The average Bonchev–Trinajstić information content (AvgIpc) is 2.87. The predicted molar refractivity (Wildman–Crippen MR) is 87.1 cm³/mol. The maximum Gasteiger partial charge on any atom is 0.251 e. The Kier molecular flexibility index (Phi) is 4.57. The van der Waals surface area contributed by atoms with E-state index >= 15 is 0 Å². The quantitative estimate of drug-likeness (QED) is 0.856. The molecule has 3 rings (SSSR count). The van der Waals surface area contributed by atoms with Crippen molar-refractivity contribution in [1.29, 1.82) is 0 Å². The van der Waals surface area contributed by atoms with E-state index < -0.39 is 6.04 Å². The molecule has 2 aromatic carbocycles. The molecule has 1 N–H and O–H groups in total. The second-order valence-electron chi connectivity index (χ2n) is 5.53. The van der Waals surface area contributed by atoms with Crippen LogP contribution in [0.25, 0.3) is 0 Å². The molecule has 5 nitrogen and oxygen atoms in total. The van der Waals surface area contributed by atoms with Crippen LogP contribution < -0.4 is 15.0 Å². The van der Waals surface area contributed by atoms with Gasteiger partial charge in [0.05, 0.1) is 25.3 Å². The number of ether oxygens (including phenoxy) is 1. The average molecular weight is 328 g/mol. The third-order valence-corrected chi connectivity index (χ3v) is 3.92. The van der Waals surface area contributed by atoms with Crippen molar-refractivity contribution >= 4 is 17.5 Å². The van der Waals surface area contributed by atoms with Gasteiger partial charge in [-0.15, -0.1) is 0 Å². The topological polar surface area (TPSA) is 58.6 Å². The number of nitrogens with zero attached hydrogens (tertiary/aromatic N) is 1. The number of amides is 2. The zero-order valence-electron chi connectivity index (χ0n) is 13.2. The summed E-state index contributed by atoms with van der Waals surface area (Å²) in [6, 6.07) is 12.3. The van der Waals surface area contributed by atoms with Crippen LogP contribution in [0.2, 0.25) is 0 Å². The Labute approximate surface area is 139 Å². The normalized spacial score (nSPS) is 17.4. The molecule has 2 aromatic rings. The van der Waals surface area contributed by atoms with E-state index in [1.165, 1.54) is 17.0 Å². The lowest BCUT2D eigenvalue weighted by Crippen LogP contribution is -2.38. The lowest BCUT2D eigenvalue weighted by atomic mass is 10.2. The summed E-state index contributed by atoms with van der Waals surface area (Å²) < 4.78 is 18.3. The highest BCUT2D eigenvalue weighted by Crippen LogP contribution is 2.25. The highest BCUT2D eigenvalue weighted by atomic mass is 19.1. The van der Waals surface area contributed by atoms with Gasteiger partial charge in [-0.2, -0.15) is 0 Å². The minimum Gasteiger partial charge on any atom is -0.497 e. The Hall–Kier alpha value is -2.73. The SMILES string of the molecule is COc1ccc(N2C(=O)C[C@@H](NCc3cccc(F)c3)C2=O)cc1. The molecule has 0 spiro atoms. The number of carbonyl (C=O) groups is 2. The van der Waals surface area contributed by atoms with Crippen molar-refractivity contribution in [2.75, 3.05) is 12.0 Å². The van der Waals surface area contributed by atoms with Gasteiger partial charge in [-0.25, -0.2) is 9.29 Å². The van der Waals surface area contributed by atoms with Crippen molar-refractivity contribution in [3.05, 3.63) is 59.9 Å². The molecule has 1 saturated heterocycles. The Bertz CT molecular complexity index is 761. The van der Waals surface area contributed by atoms with E-state index in [4.69, 9.17) is 4.74 Å². The molecule has 24 heavy (non-hydrogen) atoms. The molecule has 6 heteroatoms. The number of rotatable bonds is 5. The summed E-state index contributed by atoms with van der Waals surface area (Å²) in [6.07, 6.45) is 0.0835. The van der Waals surface area contributed by atoms with Crippen LogP contribution in [0.1, 0.15) is 12.0 Å². The van der Waals surface area contributed by atoms with Gasteiger partial charge in [0.1, 0.15) is 11.6 Å². The molecule has 1 heterocycles. The van der Waals surface area contributed by atoms with Crippen molar-refractivity contribution in [2.45, 2.75) is 19.0 Å². The number of carbonyl (C=O) groups excluding carboxylic acids is 2. The van der Waals surface area contributed by atoms with Crippen LogP contribution in [0.5, 0.6) is 5.75 Å². The first kappa shape index (κ1) is 16.1. The van der Waals surface area contributed by atoms with Crippen LogP contribution in [0, 0.1) is 5.82 Å². The minimum atomic E-state index is -0.608. The maximum absolute atomic E-state index is 13.2. The van der Waals surface area contributed by atoms with Gasteiger partial charge < -0.3 is 10.1 Å². The zero-order valence-corrected chi connectivity index (χ0v) is 13.2. The monoisotopic (exact) mass is 328 g/mol. The summed E-state index contributed by atoms with van der Waals surface area (Å²) in [5, 5.41) is 3.02. The summed E-state index contributed by atoms with van der Waals surface area (Å²) >= 11 is 0. The van der Waals surface area contributed by atoms with Crippen molar-refractivity contribution in [3.63, 3.8) is 0 Å². The van der Waals surface area contributed by atoms with Crippen molar-refractivity contribution < 1.29 is 18.7 Å². The lowest BCUT2D eigenvalue weighted by molar-refractivity contribution is -0.121. The summed E-state index contributed by atoms with van der Waals surface area (Å²) in [7, 11) is 1.55. The fourth-order valence-corrected chi connectivity index (χ4v) is 2.68. The molecular formula is C18H17FN2O3.